The van der Waals surface area contributed by atoms with Gasteiger partial charge in [0, 0.05) is 11.3 Å². The van der Waals surface area contributed by atoms with E-state index >= 15 is 0 Å². The number of hydrogen-bond donors (Lipinski definition) is 2. The van der Waals surface area contributed by atoms with Gasteiger partial charge >= 0.3 is 0 Å². The SMILES string of the molecule is O=C(Nc1ccccc1F)c1ccc(NC(=O)c2cccs2)cc1. The fourth-order valence-electron chi connectivity index (χ4n) is 2.06. The maximum Gasteiger partial charge on any atom is 0.265 e. The van der Waals surface area contributed by atoms with E-state index in [-0.39, 0.29) is 11.6 Å². The third-order valence-electron chi connectivity index (χ3n) is 3.27. The number of rotatable bonds is 4. The molecule has 4 nitrogen and oxygen atoms in total. The highest BCUT2D eigenvalue weighted by atomic mass is 32.1. The molecule has 0 bridgehead atoms. The Hall–Kier alpha value is -2.99. The number of hydrogen-bond acceptors (Lipinski definition) is 3. The van der Waals surface area contributed by atoms with Crippen molar-refractivity contribution >= 4 is 34.5 Å². The first kappa shape index (κ1) is 15.9. The second-order valence-corrected chi connectivity index (χ2v) is 5.89. The number of anilines is 2. The second-order valence-electron chi connectivity index (χ2n) is 4.94. The predicted octanol–water partition coefficient (Wildman–Crippen LogP) is 4.39. The monoisotopic (exact) mass is 340 g/mol. The summed E-state index contributed by atoms with van der Waals surface area (Å²) in [6.45, 7) is 0. The Morgan fingerprint density at radius 3 is 2.25 bits per heavy atom. The number of thiophene rings is 1. The number of carbonyl (C=O) groups excluding carboxylic acids is 2. The van der Waals surface area contributed by atoms with E-state index in [1.807, 2.05) is 5.38 Å². The van der Waals surface area contributed by atoms with Gasteiger partial charge in [0.15, 0.2) is 0 Å². The van der Waals surface area contributed by atoms with E-state index in [4.69, 9.17) is 0 Å². The van der Waals surface area contributed by atoms with Crippen LogP contribution in [0, 0.1) is 5.82 Å². The zero-order chi connectivity index (χ0) is 16.9. The second kappa shape index (κ2) is 7.06. The Labute approximate surface area is 142 Å². The fourth-order valence-corrected chi connectivity index (χ4v) is 2.68. The molecule has 1 aromatic heterocycles. The van der Waals surface area contributed by atoms with Crippen molar-refractivity contribution in [1.82, 2.24) is 0 Å². The number of para-hydroxylation sites is 1. The van der Waals surface area contributed by atoms with Gasteiger partial charge in [-0.25, -0.2) is 4.39 Å². The Balaban J connectivity index is 1.67. The van der Waals surface area contributed by atoms with Gasteiger partial charge < -0.3 is 10.6 Å². The molecular weight excluding hydrogens is 327 g/mol. The van der Waals surface area contributed by atoms with Crippen LogP contribution in [0.4, 0.5) is 15.8 Å². The van der Waals surface area contributed by atoms with Gasteiger partial charge in [0.2, 0.25) is 0 Å². The molecule has 0 saturated heterocycles. The van der Waals surface area contributed by atoms with Crippen LogP contribution in [0.5, 0.6) is 0 Å². The number of amides is 2. The molecule has 3 aromatic rings. The molecule has 0 spiro atoms. The van der Waals surface area contributed by atoms with Crippen molar-refractivity contribution in [2.24, 2.45) is 0 Å². The molecule has 0 aliphatic rings. The van der Waals surface area contributed by atoms with Crippen molar-refractivity contribution in [2.45, 2.75) is 0 Å². The summed E-state index contributed by atoms with van der Waals surface area (Å²) >= 11 is 1.35. The predicted molar refractivity (Wildman–Crippen MR) is 93.1 cm³/mol. The normalized spacial score (nSPS) is 10.2. The molecule has 0 atom stereocenters. The molecule has 120 valence electrons. The fraction of sp³-hybridized carbons (Fsp3) is 0. The lowest BCUT2D eigenvalue weighted by molar-refractivity contribution is 0.102. The molecule has 0 radical (unpaired) electrons. The van der Waals surface area contributed by atoms with Crippen molar-refractivity contribution in [1.29, 1.82) is 0 Å². The van der Waals surface area contributed by atoms with E-state index in [0.717, 1.165) is 0 Å². The van der Waals surface area contributed by atoms with Gasteiger partial charge in [-0.05, 0) is 47.8 Å². The lowest BCUT2D eigenvalue weighted by atomic mass is 10.2. The van der Waals surface area contributed by atoms with Crippen molar-refractivity contribution in [2.75, 3.05) is 10.6 Å². The van der Waals surface area contributed by atoms with Gasteiger partial charge in [0.25, 0.3) is 11.8 Å². The first-order chi connectivity index (χ1) is 11.6. The first-order valence-electron chi connectivity index (χ1n) is 7.14. The molecule has 3 rings (SSSR count). The Kier molecular flexibility index (Phi) is 4.67. The van der Waals surface area contributed by atoms with Crippen LogP contribution in [0.3, 0.4) is 0 Å². The van der Waals surface area contributed by atoms with Crippen LogP contribution in [-0.2, 0) is 0 Å². The number of benzene rings is 2. The minimum absolute atomic E-state index is 0.123. The molecule has 0 aliphatic heterocycles. The Bertz CT molecular complexity index is 861. The van der Waals surface area contributed by atoms with Gasteiger partial charge in [-0.3, -0.25) is 9.59 Å². The smallest absolute Gasteiger partial charge is 0.265 e. The third kappa shape index (κ3) is 3.67. The van der Waals surface area contributed by atoms with E-state index in [9.17, 15) is 14.0 Å². The van der Waals surface area contributed by atoms with Gasteiger partial charge in [-0.1, -0.05) is 18.2 Å². The van der Waals surface area contributed by atoms with Crippen LogP contribution < -0.4 is 10.6 Å². The summed E-state index contributed by atoms with van der Waals surface area (Å²) < 4.78 is 13.5. The molecule has 24 heavy (non-hydrogen) atoms. The van der Waals surface area contributed by atoms with E-state index < -0.39 is 11.7 Å². The van der Waals surface area contributed by atoms with Crippen LogP contribution in [0.2, 0.25) is 0 Å². The lowest BCUT2D eigenvalue weighted by Gasteiger charge is -2.07. The zero-order valence-electron chi connectivity index (χ0n) is 12.5. The summed E-state index contributed by atoms with van der Waals surface area (Å²) in [4.78, 5) is 24.7. The Morgan fingerprint density at radius 2 is 1.58 bits per heavy atom. The summed E-state index contributed by atoms with van der Waals surface area (Å²) in [5.74, 6) is -1.12. The minimum atomic E-state index is -0.495. The van der Waals surface area contributed by atoms with E-state index in [1.54, 1.807) is 48.5 Å². The molecule has 0 saturated carbocycles. The van der Waals surface area contributed by atoms with Crippen molar-refractivity contribution in [3.8, 4) is 0 Å². The molecular formula is C18H13FN2O2S. The van der Waals surface area contributed by atoms with Crippen molar-refractivity contribution < 1.29 is 14.0 Å². The molecule has 0 unspecified atom stereocenters. The van der Waals surface area contributed by atoms with E-state index in [1.165, 1.54) is 23.5 Å². The zero-order valence-corrected chi connectivity index (χ0v) is 13.3. The highest BCUT2D eigenvalue weighted by molar-refractivity contribution is 7.12. The molecule has 1 heterocycles. The standard InChI is InChI=1S/C18H13FN2O2S/c19-14-4-1-2-5-15(14)21-17(22)12-7-9-13(10-8-12)20-18(23)16-6-3-11-24-16/h1-11H,(H,20,23)(H,21,22). The molecule has 6 heteroatoms. The maximum absolute atomic E-state index is 13.5. The maximum atomic E-state index is 13.5. The summed E-state index contributed by atoms with van der Waals surface area (Å²) in [5, 5.41) is 7.08. The van der Waals surface area contributed by atoms with E-state index in [0.29, 0.717) is 16.1 Å². The van der Waals surface area contributed by atoms with Gasteiger partial charge in [-0.15, -0.1) is 11.3 Å². The number of nitrogens with one attached hydrogen (secondary N) is 2. The average Bonchev–Trinajstić information content (AvgIpc) is 3.12. The number of carbonyl (C=O) groups is 2. The third-order valence-corrected chi connectivity index (χ3v) is 4.14. The number of halogens is 1. The molecule has 2 amide bonds. The first-order valence-corrected chi connectivity index (χ1v) is 8.02. The van der Waals surface area contributed by atoms with Crippen LogP contribution in [0.15, 0.2) is 66.0 Å². The molecule has 2 aromatic carbocycles. The van der Waals surface area contributed by atoms with Gasteiger partial charge in [0.1, 0.15) is 5.82 Å². The Morgan fingerprint density at radius 1 is 0.833 bits per heavy atom. The summed E-state index contributed by atoms with van der Waals surface area (Å²) in [6.07, 6.45) is 0. The van der Waals surface area contributed by atoms with Gasteiger partial charge in [-0.2, -0.15) is 0 Å². The highest BCUT2D eigenvalue weighted by Crippen LogP contribution is 2.17. The van der Waals surface area contributed by atoms with Crippen LogP contribution in [0.1, 0.15) is 20.0 Å². The summed E-state index contributed by atoms with van der Waals surface area (Å²) in [6, 6.07) is 15.9. The van der Waals surface area contributed by atoms with Crippen LogP contribution >= 0.6 is 11.3 Å². The minimum Gasteiger partial charge on any atom is -0.321 e. The molecule has 2 N–H and O–H groups in total. The summed E-state index contributed by atoms with van der Waals surface area (Å²) in [5.41, 5.74) is 1.07. The molecule has 0 fully saturated rings. The van der Waals surface area contributed by atoms with Crippen molar-refractivity contribution in [3.63, 3.8) is 0 Å². The van der Waals surface area contributed by atoms with E-state index in [2.05, 4.69) is 10.6 Å². The largest absolute Gasteiger partial charge is 0.321 e. The quantitative estimate of drug-likeness (QED) is 0.740. The van der Waals surface area contributed by atoms with Crippen LogP contribution in [-0.4, -0.2) is 11.8 Å². The molecule has 0 aliphatic carbocycles. The topological polar surface area (TPSA) is 58.2 Å². The summed E-state index contributed by atoms with van der Waals surface area (Å²) in [7, 11) is 0. The average molecular weight is 340 g/mol. The highest BCUT2D eigenvalue weighted by Gasteiger charge is 2.10. The van der Waals surface area contributed by atoms with Crippen LogP contribution in [0.25, 0.3) is 0 Å². The van der Waals surface area contributed by atoms with Gasteiger partial charge in [0.05, 0.1) is 10.6 Å². The van der Waals surface area contributed by atoms with Crippen molar-refractivity contribution in [3.05, 3.63) is 82.3 Å². The lowest BCUT2D eigenvalue weighted by Crippen LogP contribution is -2.13.